The Morgan fingerprint density at radius 2 is 0.975 bits per heavy atom. The predicted molar refractivity (Wildman–Crippen MR) is 102 cm³/mol. The number of ether oxygens (including phenoxy) is 2. The van der Waals surface area contributed by atoms with Crippen molar-refractivity contribution in [1.29, 1.82) is 0 Å². The van der Waals surface area contributed by atoms with Crippen LogP contribution in [0.2, 0.25) is 0 Å². The van der Waals surface area contributed by atoms with Crippen molar-refractivity contribution < 1.29 is 84.1 Å². The molecule has 0 bridgehead atoms. The van der Waals surface area contributed by atoms with Gasteiger partial charge < -0.3 is 9.47 Å². The second-order valence-corrected chi connectivity index (χ2v) is 8.48. The number of methoxy groups -OCH3 is 1. The first-order valence-electron chi connectivity index (χ1n) is 10.6. The molecule has 1 aromatic carbocycles. The SMILES string of the molecule is CCC(C)Oc1ccc(C(CC(F)(F)C(F)(F)C(F)(F)C(F)(F)C(F)(F)C(F)(F)C(F)(F)C(F)(F)F)OC)cc1. The molecule has 0 spiro atoms. The van der Waals surface area contributed by atoms with Gasteiger partial charge in [-0.3, -0.25) is 0 Å². The van der Waals surface area contributed by atoms with E-state index in [-0.39, 0.29) is 11.9 Å². The van der Waals surface area contributed by atoms with Crippen molar-refractivity contribution in [1.82, 2.24) is 0 Å². The van der Waals surface area contributed by atoms with Crippen LogP contribution in [-0.2, 0) is 4.74 Å². The van der Waals surface area contributed by atoms with Gasteiger partial charge in [0.1, 0.15) is 5.75 Å². The van der Waals surface area contributed by atoms with E-state index in [1.165, 1.54) is 0 Å². The Morgan fingerprint density at radius 3 is 1.32 bits per heavy atom. The lowest BCUT2D eigenvalue weighted by Crippen LogP contribution is -2.74. The molecule has 0 amide bonds. The normalized spacial score (nSPS) is 16.6. The minimum Gasteiger partial charge on any atom is -0.491 e. The molecule has 0 saturated heterocycles. The lowest BCUT2D eigenvalue weighted by atomic mass is 9.87. The molecule has 0 saturated carbocycles. The maximum atomic E-state index is 14.3. The predicted octanol–water partition coefficient (Wildman–Crippen LogP) is 8.95. The maximum Gasteiger partial charge on any atom is 0.460 e. The minimum atomic E-state index is -8.66. The molecule has 1 aromatic rings. The molecule has 0 N–H and O–H groups in total. The zero-order valence-electron chi connectivity index (χ0n) is 20.1. The van der Waals surface area contributed by atoms with Crippen LogP contribution in [-0.4, -0.2) is 60.8 Å². The second kappa shape index (κ2) is 10.9. The van der Waals surface area contributed by atoms with Crippen molar-refractivity contribution in [3.63, 3.8) is 0 Å². The fraction of sp³-hybridized carbons (Fsp3) is 0.714. The van der Waals surface area contributed by atoms with Crippen LogP contribution in [0.15, 0.2) is 24.3 Å². The van der Waals surface area contributed by atoms with Gasteiger partial charge in [0.2, 0.25) is 0 Å². The Morgan fingerprint density at radius 1 is 0.600 bits per heavy atom. The summed E-state index contributed by atoms with van der Waals surface area (Å²) in [5.41, 5.74) is -0.522. The average Bonchev–Trinajstić information content (AvgIpc) is 2.81. The standard InChI is InChI=1S/C21H19F17O2/c1-4-10(2)40-12-7-5-11(6-8-12)13(39-3)9-14(22,23)15(24,25)16(26,27)17(28,29)18(30,31)19(32,33)20(34,35)21(36,37)38/h5-8,10,13H,4,9H2,1-3H3. The van der Waals surface area contributed by atoms with Crippen LogP contribution in [0.4, 0.5) is 74.6 Å². The molecule has 2 unspecified atom stereocenters. The average molecular weight is 626 g/mol. The van der Waals surface area contributed by atoms with E-state index >= 15 is 0 Å². The first-order chi connectivity index (χ1) is 17.6. The van der Waals surface area contributed by atoms with Crippen molar-refractivity contribution in [2.24, 2.45) is 0 Å². The lowest BCUT2D eigenvalue weighted by Gasteiger charge is -2.43. The summed E-state index contributed by atoms with van der Waals surface area (Å²) in [6.45, 7) is 3.31. The van der Waals surface area contributed by atoms with E-state index in [1.807, 2.05) is 0 Å². The Kier molecular flexibility index (Phi) is 9.75. The highest BCUT2D eigenvalue weighted by molar-refractivity contribution is 5.29. The highest BCUT2D eigenvalue weighted by Gasteiger charge is 2.95. The zero-order valence-corrected chi connectivity index (χ0v) is 20.1. The Hall–Kier alpha value is -2.21. The van der Waals surface area contributed by atoms with E-state index in [0.717, 1.165) is 24.3 Å². The number of alkyl halides is 17. The van der Waals surface area contributed by atoms with Gasteiger partial charge in [0, 0.05) is 13.5 Å². The highest BCUT2D eigenvalue weighted by Crippen LogP contribution is 2.64. The van der Waals surface area contributed by atoms with E-state index in [2.05, 4.69) is 4.74 Å². The summed E-state index contributed by atoms with van der Waals surface area (Å²) in [5.74, 6) is -56.6. The van der Waals surface area contributed by atoms with E-state index in [0.29, 0.717) is 13.5 Å². The third-order valence-electron chi connectivity index (χ3n) is 5.68. The van der Waals surface area contributed by atoms with Gasteiger partial charge in [0.05, 0.1) is 12.2 Å². The quantitative estimate of drug-likeness (QED) is 0.204. The summed E-state index contributed by atoms with van der Waals surface area (Å²) in [6, 6.07) is 3.83. The summed E-state index contributed by atoms with van der Waals surface area (Å²) in [7, 11) is 0.531. The van der Waals surface area contributed by atoms with E-state index < -0.39 is 65.7 Å². The van der Waals surface area contributed by atoms with Gasteiger partial charge in [-0.25, -0.2) is 0 Å². The number of benzene rings is 1. The number of halogens is 17. The van der Waals surface area contributed by atoms with Crippen LogP contribution in [0, 0.1) is 0 Å². The summed E-state index contributed by atoms with van der Waals surface area (Å²) in [4.78, 5) is 0. The molecule has 0 fully saturated rings. The first-order valence-corrected chi connectivity index (χ1v) is 10.6. The van der Waals surface area contributed by atoms with E-state index in [1.54, 1.807) is 13.8 Å². The molecule has 2 nitrogen and oxygen atoms in total. The van der Waals surface area contributed by atoms with Gasteiger partial charge in [0.25, 0.3) is 0 Å². The number of rotatable bonds is 13. The molecule has 19 heteroatoms. The Bertz CT molecular complexity index is 986. The van der Waals surface area contributed by atoms with Crippen molar-refractivity contribution in [3.05, 3.63) is 29.8 Å². The molecule has 234 valence electrons. The molecule has 0 aliphatic carbocycles. The van der Waals surface area contributed by atoms with Crippen LogP contribution in [0.25, 0.3) is 0 Å². The maximum absolute atomic E-state index is 14.3. The number of hydrogen-bond donors (Lipinski definition) is 0. The fourth-order valence-electron chi connectivity index (χ4n) is 2.97. The van der Waals surface area contributed by atoms with Crippen molar-refractivity contribution in [3.8, 4) is 5.75 Å². The van der Waals surface area contributed by atoms with Crippen LogP contribution in [0.5, 0.6) is 5.75 Å². The minimum absolute atomic E-state index is 0.0787. The molecule has 0 aliphatic rings. The molecule has 0 radical (unpaired) electrons. The summed E-state index contributed by atoms with van der Waals surface area (Å²) >= 11 is 0. The topological polar surface area (TPSA) is 18.5 Å². The molecule has 40 heavy (non-hydrogen) atoms. The molecule has 0 aliphatic heterocycles. The monoisotopic (exact) mass is 626 g/mol. The summed E-state index contributed by atoms with van der Waals surface area (Å²) in [5, 5.41) is 0. The second-order valence-electron chi connectivity index (χ2n) is 8.48. The fourth-order valence-corrected chi connectivity index (χ4v) is 2.97. The zero-order chi connectivity index (χ0) is 32.0. The number of hydrogen-bond acceptors (Lipinski definition) is 2. The van der Waals surface area contributed by atoms with Gasteiger partial charge in [0.15, 0.2) is 0 Å². The van der Waals surface area contributed by atoms with Crippen LogP contribution < -0.4 is 4.74 Å². The highest BCUT2D eigenvalue weighted by atomic mass is 19.4. The largest absolute Gasteiger partial charge is 0.491 e. The first kappa shape index (κ1) is 35.8. The van der Waals surface area contributed by atoms with Gasteiger partial charge in [-0.05, 0) is 31.0 Å². The van der Waals surface area contributed by atoms with Crippen molar-refractivity contribution >= 4 is 0 Å². The smallest absolute Gasteiger partial charge is 0.460 e. The Balaban J connectivity index is 3.48. The molecule has 0 heterocycles. The van der Waals surface area contributed by atoms with Gasteiger partial charge >= 0.3 is 47.6 Å². The molecular weight excluding hydrogens is 607 g/mol. The summed E-state index contributed by atoms with van der Waals surface area (Å²) < 4.78 is 238. The third kappa shape index (κ3) is 5.62. The molecular formula is C21H19F17O2. The van der Waals surface area contributed by atoms with Crippen molar-refractivity contribution in [2.45, 2.75) is 86.5 Å². The lowest BCUT2D eigenvalue weighted by molar-refractivity contribution is -0.462. The third-order valence-corrected chi connectivity index (χ3v) is 5.68. The summed E-state index contributed by atoms with van der Waals surface area (Å²) in [6.07, 6.45) is -12.8. The van der Waals surface area contributed by atoms with Crippen molar-refractivity contribution in [2.75, 3.05) is 7.11 Å². The van der Waals surface area contributed by atoms with Gasteiger partial charge in [-0.2, -0.15) is 74.6 Å². The molecule has 1 rings (SSSR count). The molecule has 2 atom stereocenters. The van der Waals surface area contributed by atoms with Gasteiger partial charge in [-0.15, -0.1) is 0 Å². The van der Waals surface area contributed by atoms with Crippen LogP contribution >= 0.6 is 0 Å². The molecule has 0 aromatic heterocycles. The van der Waals surface area contributed by atoms with E-state index in [4.69, 9.17) is 4.74 Å². The van der Waals surface area contributed by atoms with Crippen LogP contribution in [0.1, 0.15) is 38.4 Å². The Labute approximate surface area is 214 Å². The van der Waals surface area contributed by atoms with E-state index in [9.17, 15) is 74.6 Å². The van der Waals surface area contributed by atoms with Gasteiger partial charge in [-0.1, -0.05) is 19.1 Å². The van der Waals surface area contributed by atoms with Crippen LogP contribution in [0.3, 0.4) is 0 Å².